The molecule has 0 unspecified atom stereocenters. The van der Waals surface area contributed by atoms with Crippen molar-refractivity contribution < 1.29 is 66.7 Å². The number of carbonyl (C=O) groups is 6. The molecule has 0 saturated heterocycles. The van der Waals surface area contributed by atoms with Crippen molar-refractivity contribution >= 4 is 35.8 Å². The van der Waals surface area contributed by atoms with Crippen LogP contribution in [0.2, 0.25) is 0 Å². The highest BCUT2D eigenvalue weighted by Crippen LogP contribution is 2.22. The van der Waals surface area contributed by atoms with Crippen molar-refractivity contribution in [3.63, 3.8) is 0 Å². The Bertz CT molecular complexity index is 2330. The molecule has 0 atom stereocenters. The largest absolute Gasteiger partial charge is 0.494 e. The molecular formula is C49H44O14. The lowest BCUT2D eigenvalue weighted by Gasteiger charge is -2.09. The van der Waals surface area contributed by atoms with Gasteiger partial charge in [0.1, 0.15) is 34.5 Å². The van der Waals surface area contributed by atoms with Crippen molar-refractivity contribution in [1.82, 2.24) is 0 Å². The lowest BCUT2D eigenvalue weighted by atomic mass is 10.1. The predicted octanol–water partition coefficient (Wildman–Crippen LogP) is 8.27. The number of ether oxygens (including phenoxy) is 8. The molecule has 0 aromatic heterocycles. The van der Waals surface area contributed by atoms with Crippen molar-refractivity contribution in [2.24, 2.45) is 0 Å². The van der Waals surface area contributed by atoms with Crippen molar-refractivity contribution in [3.8, 4) is 34.5 Å². The van der Waals surface area contributed by atoms with Crippen LogP contribution in [0.15, 0.2) is 147 Å². The summed E-state index contributed by atoms with van der Waals surface area (Å²) in [5, 5.41) is 0. The third-order valence-corrected chi connectivity index (χ3v) is 8.67. The standard InChI is InChI=1S/C49H44O14/c1-3-44(50)58-31-7-5-29-56-38-19-11-35(12-20-38)47(53)61-41-17-9-34(10-18-41)33-46(52)60-40-25-27-43(28-26-40)63-49(55)37-15-23-42(24-16-37)62-48(54)36-13-21-39(22-14-36)57-30-6-8-32-59-45(51)4-2/h3-4,9-28H,1-2,5-8,29-33H2. The predicted molar refractivity (Wildman–Crippen MR) is 228 cm³/mol. The van der Waals surface area contributed by atoms with Gasteiger partial charge in [0.15, 0.2) is 0 Å². The number of carbonyl (C=O) groups excluding carboxylic acids is 6. The Balaban J connectivity index is 0.985. The van der Waals surface area contributed by atoms with E-state index in [2.05, 4.69) is 13.2 Å². The molecule has 5 aromatic carbocycles. The topological polar surface area (TPSA) is 176 Å². The number of unbranched alkanes of at least 4 members (excludes halogenated alkanes) is 2. The number of esters is 6. The lowest BCUT2D eigenvalue weighted by Crippen LogP contribution is -2.12. The SMILES string of the molecule is C=CC(=O)OCCCCOc1ccc(C(=O)Oc2ccc(CC(=O)Oc3ccc(OC(=O)c4ccc(OC(=O)c5ccc(OCCCCOC(=O)C=C)cc5)cc4)cc3)cc2)cc1. The zero-order valence-corrected chi connectivity index (χ0v) is 34.2. The molecule has 0 spiro atoms. The minimum absolute atomic E-state index is 0.0563. The summed E-state index contributed by atoms with van der Waals surface area (Å²) in [5.41, 5.74) is 1.46. The van der Waals surface area contributed by atoms with Gasteiger partial charge in [-0.15, -0.1) is 0 Å². The molecular weight excluding hydrogens is 813 g/mol. The van der Waals surface area contributed by atoms with Crippen LogP contribution in [-0.4, -0.2) is 62.2 Å². The van der Waals surface area contributed by atoms with E-state index < -0.39 is 35.8 Å². The summed E-state index contributed by atoms with van der Waals surface area (Å²) in [5.74, 6) is -1.17. The second kappa shape index (κ2) is 24.3. The summed E-state index contributed by atoms with van der Waals surface area (Å²) >= 11 is 0. The Kier molecular flexibility index (Phi) is 17.8. The Morgan fingerprint density at radius 1 is 0.381 bits per heavy atom. The Morgan fingerprint density at radius 3 is 1.05 bits per heavy atom. The molecule has 0 aliphatic heterocycles. The van der Waals surface area contributed by atoms with Gasteiger partial charge in [0.25, 0.3) is 0 Å². The molecule has 14 nitrogen and oxygen atoms in total. The van der Waals surface area contributed by atoms with Gasteiger partial charge in [-0.3, -0.25) is 4.79 Å². The zero-order valence-electron chi connectivity index (χ0n) is 34.2. The van der Waals surface area contributed by atoms with Crippen LogP contribution in [0.4, 0.5) is 0 Å². The van der Waals surface area contributed by atoms with Gasteiger partial charge in [0, 0.05) is 12.2 Å². The van der Waals surface area contributed by atoms with Gasteiger partial charge < -0.3 is 37.9 Å². The summed E-state index contributed by atoms with van der Waals surface area (Å²) in [6, 6.07) is 31.2. The molecule has 5 aromatic rings. The maximum atomic E-state index is 12.8. The highest BCUT2D eigenvalue weighted by atomic mass is 16.6. The molecule has 0 N–H and O–H groups in total. The van der Waals surface area contributed by atoms with Gasteiger partial charge in [-0.1, -0.05) is 25.3 Å². The van der Waals surface area contributed by atoms with E-state index in [1.165, 1.54) is 48.5 Å². The minimum atomic E-state index is -0.655. The van der Waals surface area contributed by atoms with E-state index in [0.717, 1.165) is 12.2 Å². The average molecular weight is 857 g/mol. The first-order valence-corrected chi connectivity index (χ1v) is 19.8. The maximum Gasteiger partial charge on any atom is 0.343 e. The van der Waals surface area contributed by atoms with Crippen LogP contribution in [-0.2, 0) is 30.3 Å². The van der Waals surface area contributed by atoms with Crippen molar-refractivity contribution in [1.29, 1.82) is 0 Å². The smallest absolute Gasteiger partial charge is 0.343 e. The first-order valence-electron chi connectivity index (χ1n) is 19.8. The van der Waals surface area contributed by atoms with Gasteiger partial charge >= 0.3 is 35.8 Å². The van der Waals surface area contributed by atoms with E-state index >= 15 is 0 Å². The number of benzene rings is 5. The summed E-state index contributed by atoms with van der Waals surface area (Å²) in [6.45, 7) is 8.08. The van der Waals surface area contributed by atoms with Crippen LogP contribution in [0.5, 0.6) is 34.5 Å². The Labute approximate surface area is 363 Å². The normalized spacial score (nSPS) is 10.3. The molecule has 0 aliphatic rings. The average Bonchev–Trinajstić information content (AvgIpc) is 3.30. The monoisotopic (exact) mass is 856 g/mol. The number of rotatable bonds is 23. The first-order chi connectivity index (χ1) is 30.6. The molecule has 63 heavy (non-hydrogen) atoms. The first kappa shape index (κ1) is 46.1. The van der Waals surface area contributed by atoms with E-state index in [9.17, 15) is 28.8 Å². The van der Waals surface area contributed by atoms with Crippen LogP contribution in [0.25, 0.3) is 0 Å². The van der Waals surface area contributed by atoms with E-state index in [1.54, 1.807) is 72.8 Å². The van der Waals surface area contributed by atoms with Crippen LogP contribution < -0.4 is 28.4 Å². The minimum Gasteiger partial charge on any atom is -0.494 e. The third-order valence-electron chi connectivity index (χ3n) is 8.67. The fraction of sp³-hybridized carbons (Fsp3) is 0.184. The molecule has 0 aliphatic carbocycles. The van der Waals surface area contributed by atoms with Gasteiger partial charge in [0.2, 0.25) is 0 Å². The summed E-state index contributed by atoms with van der Waals surface area (Å²) in [4.78, 5) is 72.9. The maximum absolute atomic E-state index is 12.8. The molecule has 0 saturated carbocycles. The number of hydrogen-bond acceptors (Lipinski definition) is 14. The van der Waals surface area contributed by atoms with Crippen molar-refractivity contribution in [2.45, 2.75) is 32.1 Å². The fourth-order valence-corrected chi connectivity index (χ4v) is 5.37. The van der Waals surface area contributed by atoms with E-state index in [1.807, 2.05) is 0 Å². The number of hydrogen-bond donors (Lipinski definition) is 0. The van der Waals surface area contributed by atoms with Gasteiger partial charge in [-0.05, 0) is 140 Å². The molecule has 0 amide bonds. The molecule has 0 fully saturated rings. The second-order valence-corrected chi connectivity index (χ2v) is 13.4. The molecule has 14 heteroatoms. The summed E-state index contributed by atoms with van der Waals surface area (Å²) in [7, 11) is 0. The van der Waals surface area contributed by atoms with Crippen LogP contribution >= 0.6 is 0 Å². The highest BCUT2D eigenvalue weighted by Gasteiger charge is 2.14. The Morgan fingerprint density at radius 2 is 0.683 bits per heavy atom. The second-order valence-electron chi connectivity index (χ2n) is 13.4. The molecule has 0 radical (unpaired) electrons. The van der Waals surface area contributed by atoms with E-state index in [-0.39, 0.29) is 42.4 Å². The van der Waals surface area contributed by atoms with Crippen LogP contribution in [0.1, 0.15) is 62.3 Å². The van der Waals surface area contributed by atoms with Gasteiger partial charge in [-0.2, -0.15) is 0 Å². The lowest BCUT2D eigenvalue weighted by molar-refractivity contribution is -0.138. The van der Waals surface area contributed by atoms with E-state index in [4.69, 9.17) is 37.9 Å². The molecule has 0 bridgehead atoms. The van der Waals surface area contributed by atoms with Crippen molar-refractivity contribution in [3.05, 3.63) is 169 Å². The van der Waals surface area contributed by atoms with Gasteiger partial charge in [-0.25, -0.2) is 24.0 Å². The fourth-order valence-electron chi connectivity index (χ4n) is 5.37. The summed E-state index contributed by atoms with van der Waals surface area (Å²) < 4.78 is 42.9. The van der Waals surface area contributed by atoms with Crippen LogP contribution in [0.3, 0.4) is 0 Å². The van der Waals surface area contributed by atoms with Crippen molar-refractivity contribution in [2.75, 3.05) is 26.4 Å². The van der Waals surface area contributed by atoms with E-state index in [0.29, 0.717) is 72.8 Å². The van der Waals surface area contributed by atoms with Gasteiger partial charge in [0.05, 0.1) is 49.5 Å². The molecule has 0 heterocycles. The molecule has 5 rings (SSSR count). The molecule has 324 valence electrons. The third kappa shape index (κ3) is 15.8. The highest BCUT2D eigenvalue weighted by molar-refractivity contribution is 5.93. The Hall–Kier alpha value is -8.00. The zero-order chi connectivity index (χ0) is 44.8. The van der Waals surface area contributed by atoms with Crippen LogP contribution in [0, 0.1) is 0 Å². The quantitative estimate of drug-likeness (QED) is 0.0265. The summed E-state index contributed by atoms with van der Waals surface area (Å²) in [6.07, 6.45) is 4.80.